The van der Waals surface area contributed by atoms with Crippen LogP contribution in [0.2, 0.25) is 0 Å². The number of hydrogen-bond acceptors (Lipinski definition) is 5. The van der Waals surface area contributed by atoms with Gasteiger partial charge in [-0.2, -0.15) is 5.10 Å². The van der Waals surface area contributed by atoms with Gasteiger partial charge in [-0.1, -0.05) is 18.6 Å². The molecular weight excluding hydrogens is 368 g/mol. The Balaban J connectivity index is 1.43. The maximum atomic E-state index is 12.5. The number of aromatic nitrogens is 4. The minimum atomic E-state index is -0.272. The van der Waals surface area contributed by atoms with Gasteiger partial charge in [0.1, 0.15) is 18.3 Å². The first-order chi connectivity index (χ1) is 14.0. The third kappa shape index (κ3) is 4.22. The van der Waals surface area contributed by atoms with Crippen LogP contribution < -0.4 is 10.9 Å². The molecule has 0 unspecified atom stereocenters. The number of carbonyl (C=O) groups is 1. The molecule has 0 aliphatic carbocycles. The van der Waals surface area contributed by atoms with Crippen LogP contribution in [0.4, 0.5) is 5.69 Å². The zero-order valence-electron chi connectivity index (χ0n) is 16.8. The summed E-state index contributed by atoms with van der Waals surface area (Å²) in [6.07, 6.45) is 6.64. The van der Waals surface area contributed by atoms with Gasteiger partial charge < -0.3 is 5.32 Å². The van der Waals surface area contributed by atoms with Crippen molar-refractivity contribution in [2.24, 2.45) is 7.05 Å². The maximum Gasteiger partial charge on any atom is 0.264 e. The lowest BCUT2D eigenvalue weighted by molar-refractivity contribution is -0.116. The van der Waals surface area contributed by atoms with E-state index in [1.807, 2.05) is 18.2 Å². The molecule has 1 saturated heterocycles. The quantitative estimate of drug-likeness (QED) is 0.717. The molecule has 0 radical (unpaired) electrons. The average Bonchev–Trinajstić information content (AvgIpc) is 3.08. The van der Waals surface area contributed by atoms with E-state index in [1.165, 1.54) is 46.6 Å². The van der Waals surface area contributed by atoms with Crippen molar-refractivity contribution in [2.75, 3.05) is 11.9 Å². The Morgan fingerprint density at radius 1 is 1.31 bits per heavy atom. The number of hydrogen-bond donors (Lipinski definition) is 1. The lowest BCUT2D eigenvalue weighted by Gasteiger charge is -2.33. The van der Waals surface area contributed by atoms with E-state index >= 15 is 0 Å². The summed E-state index contributed by atoms with van der Waals surface area (Å²) in [7, 11) is 1.73. The molecule has 29 heavy (non-hydrogen) atoms. The molecule has 0 bridgehead atoms. The number of fused-ring (bicyclic) bond motifs is 1. The predicted octanol–water partition coefficient (Wildman–Crippen LogP) is 2.14. The molecule has 4 rings (SSSR count). The standard InChI is InChI=1S/C21H26N6O2/c1-15-6-3-4-9-26(15)12-16-7-5-8-17(10-16)24-19(28)13-27-14-22-20-18(21(27)29)11-23-25(20)2/h5,7-8,10-11,14-15H,3-4,6,9,12-13H2,1-2H3,(H,24,28)/t15-/m1/s1. The fourth-order valence-electron chi connectivity index (χ4n) is 3.91. The molecule has 0 saturated carbocycles. The maximum absolute atomic E-state index is 12.5. The average molecular weight is 394 g/mol. The molecule has 1 atom stereocenters. The predicted molar refractivity (Wildman–Crippen MR) is 112 cm³/mol. The van der Waals surface area contributed by atoms with Crippen molar-refractivity contribution in [3.63, 3.8) is 0 Å². The number of anilines is 1. The van der Waals surface area contributed by atoms with Crippen LogP contribution in [-0.4, -0.2) is 42.7 Å². The number of rotatable bonds is 5. The summed E-state index contributed by atoms with van der Waals surface area (Å²) in [5.41, 5.74) is 2.14. The fourth-order valence-corrected chi connectivity index (χ4v) is 3.91. The van der Waals surface area contributed by atoms with Gasteiger partial charge in [0, 0.05) is 25.3 Å². The lowest BCUT2D eigenvalue weighted by atomic mass is 10.0. The fraction of sp³-hybridized carbons (Fsp3) is 0.429. The highest BCUT2D eigenvalue weighted by atomic mass is 16.2. The minimum Gasteiger partial charge on any atom is -0.325 e. The first-order valence-electron chi connectivity index (χ1n) is 10.0. The SMILES string of the molecule is C[C@@H]1CCCCN1Cc1cccc(NC(=O)Cn2cnc3c(cnn3C)c2=O)c1. The van der Waals surface area contributed by atoms with E-state index in [-0.39, 0.29) is 18.0 Å². The van der Waals surface area contributed by atoms with Crippen LogP contribution in [0.25, 0.3) is 11.0 Å². The van der Waals surface area contributed by atoms with Gasteiger partial charge in [0.15, 0.2) is 5.65 Å². The normalized spacial score (nSPS) is 17.5. The first kappa shape index (κ1) is 19.3. The van der Waals surface area contributed by atoms with E-state index in [0.717, 1.165) is 18.8 Å². The molecule has 8 heteroatoms. The van der Waals surface area contributed by atoms with Crippen LogP contribution in [0.5, 0.6) is 0 Å². The Bertz CT molecular complexity index is 1090. The summed E-state index contributed by atoms with van der Waals surface area (Å²) < 4.78 is 2.84. The summed E-state index contributed by atoms with van der Waals surface area (Å²) in [6, 6.07) is 8.50. The summed E-state index contributed by atoms with van der Waals surface area (Å²) >= 11 is 0. The van der Waals surface area contributed by atoms with Crippen LogP contribution >= 0.6 is 0 Å². The van der Waals surface area contributed by atoms with Gasteiger partial charge in [0.05, 0.1) is 6.20 Å². The lowest BCUT2D eigenvalue weighted by Crippen LogP contribution is -2.36. The van der Waals surface area contributed by atoms with Gasteiger partial charge in [-0.25, -0.2) is 4.98 Å². The van der Waals surface area contributed by atoms with E-state index in [2.05, 4.69) is 33.3 Å². The molecule has 3 heterocycles. The molecule has 1 amide bonds. The van der Waals surface area contributed by atoms with E-state index < -0.39 is 0 Å². The molecule has 2 aromatic heterocycles. The van der Waals surface area contributed by atoms with E-state index in [4.69, 9.17) is 0 Å². The Kier molecular flexibility index (Phi) is 5.44. The van der Waals surface area contributed by atoms with Crippen molar-refractivity contribution in [2.45, 2.75) is 45.3 Å². The molecular formula is C21H26N6O2. The number of aryl methyl sites for hydroxylation is 1. The smallest absolute Gasteiger partial charge is 0.264 e. The molecule has 3 aromatic rings. The van der Waals surface area contributed by atoms with Gasteiger partial charge in [-0.05, 0) is 44.0 Å². The molecule has 1 aromatic carbocycles. The summed E-state index contributed by atoms with van der Waals surface area (Å²) in [6.45, 7) is 4.18. The number of nitrogens with zero attached hydrogens (tertiary/aromatic N) is 5. The molecule has 0 spiro atoms. The van der Waals surface area contributed by atoms with E-state index in [1.54, 1.807) is 7.05 Å². The first-order valence-corrected chi connectivity index (χ1v) is 10.0. The highest BCUT2D eigenvalue weighted by Gasteiger charge is 2.18. The number of benzene rings is 1. The van der Waals surface area contributed by atoms with E-state index in [9.17, 15) is 9.59 Å². The Labute approximate surface area is 169 Å². The number of piperidine rings is 1. The largest absolute Gasteiger partial charge is 0.325 e. The number of nitrogens with one attached hydrogen (secondary N) is 1. The zero-order valence-corrected chi connectivity index (χ0v) is 16.8. The van der Waals surface area contributed by atoms with Crippen LogP contribution in [0.1, 0.15) is 31.7 Å². The summed E-state index contributed by atoms with van der Waals surface area (Å²) in [5.74, 6) is -0.263. The Morgan fingerprint density at radius 2 is 2.17 bits per heavy atom. The summed E-state index contributed by atoms with van der Waals surface area (Å²) in [5, 5.41) is 7.34. The third-order valence-electron chi connectivity index (χ3n) is 5.57. The van der Waals surface area contributed by atoms with Crippen molar-refractivity contribution in [1.29, 1.82) is 0 Å². The van der Waals surface area contributed by atoms with E-state index in [0.29, 0.717) is 17.1 Å². The van der Waals surface area contributed by atoms with Crippen molar-refractivity contribution in [3.05, 3.63) is 52.7 Å². The van der Waals surface area contributed by atoms with Crippen LogP contribution in [0.3, 0.4) is 0 Å². The highest BCUT2D eigenvalue weighted by Crippen LogP contribution is 2.20. The van der Waals surface area contributed by atoms with Crippen molar-refractivity contribution < 1.29 is 4.79 Å². The van der Waals surface area contributed by atoms with Crippen LogP contribution in [0, 0.1) is 0 Å². The second kappa shape index (κ2) is 8.16. The van der Waals surface area contributed by atoms with Gasteiger partial charge in [0.25, 0.3) is 5.56 Å². The third-order valence-corrected chi connectivity index (χ3v) is 5.57. The molecule has 1 aliphatic heterocycles. The molecule has 152 valence electrons. The molecule has 1 fully saturated rings. The molecule has 8 nitrogen and oxygen atoms in total. The zero-order chi connectivity index (χ0) is 20.4. The molecule has 1 aliphatic rings. The molecule has 1 N–H and O–H groups in total. The topological polar surface area (TPSA) is 85.1 Å². The van der Waals surface area contributed by atoms with Gasteiger partial charge >= 0.3 is 0 Å². The van der Waals surface area contributed by atoms with Gasteiger partial charge in [-0.15, -0.1) is 0 Å². The van der Waals surface area contributed by atoms with Crippen molar-refractivity contribution in [1.82, 2.24) is 24.2 Å². The Morgan fingerprint density at radius 3 is 3.00 bits per heavy atom. The van der Waals surface area contributed by atoms with Crippen LogP contribution in [-0.2, 0) is 24.9 Å². The second-order valence-corrected chi connectivity index (χ2v) is 7.75. The van der Waals surface area contributed by atoms with Gasteiger partial charge in [0.2, 0.25) is 5.91 Å². The van der Waals surface area contributed by atoms with Gasteiger partial charge in [-0.3, -0.25) is 23.7 Å². The van der Waals surface area contributed by atoms with Crippen molar-refractivity contribution >= 4 is 22.6 Å². The summed E-state index contributed by atoms with van der Waals surface area (Å²) in [4.78, 5) is 31.7. The Hall–Kier alpha value is -3.00. The monoisotopic (exact) mass is 394 g/mol. The minimum absolute atomic E-state index is 0.0932. The van der Waals surface area contributed by atoms with Crippen molar-refractivity contribution in [3.8, 4) is 0 Å². The highest BCUT2D eigenvalue weighted by molar-refractivity contribution is 5.90. The second-order valence-electron chi connectivity index (χ2n) is 7.75. The number of amides is 1. The number of likely N-dealkylation sites (tertiary alicyclic amines) is 1. The van der Waals surface area contributed by atoms with Crippen LogP contribution in [0.15, 0.2) is 41.6 Å². The number of carbonyl (C=O) groups excluding carboxylic acids is 1.